The number of nitriles is 1. The lowest BCUT2D eigenvalue weighted by Crippen LogP contribution is -1.83. The first-order valence-electron chi connectivity index (χ1n) is 3.36. The van der Waals surface area contributed by atoms with Crippen LogP contribution in [-0.4, -0.2) is 9.97 Å². The molecule has 13 heavy (non-hydrogen) atoms. The van der Waals surface area contributed by atoms with E-state index in [9.17, 15) is 0 Å². The van der Waals surface area contributed by atoms with Crippen LogP contribution in [0.25, 0.3) is 11.6 Å². The Bertz CT molecular complexity index is 467. The predicted molar refractivity (Wildman–Crippen MR) is 46.7 cm³/mol. The Hall–Kier alpha value is -1.87. The highest BCUT2D eigenvalue weighted by Crippen LogP contribution is 2.21. The van der Waals surface area contributed by atoms with Gasteiger partial charge in [-0.2, -0.15) is 10.2 Å². The van der Waals surface area contributed by atoms with E-state index in [0.29, 0.717) is 16.7 Å². The van der Waals surface area contributed by atoms with Gasteiger partial charge in [-0.3, -0.25) is 0 Å². The van der Waals surface area contributed by atoms with Gasteiger partial charge in [0, 0.05) is 5.38 Å². The summed E-state index contributed by atoms with van der Waals surface area (Å²) in [5, 5.41) is 10.7. The number of rotatable bonds is 1. The topological polar surface area (TPSA) is 88.7 Å². The van der Waals surface area contributed by atoms with Crippen molar-refractivity contribution in [2.75, 3.05) is 5.73 Å². The molecule has 0 amide bonds. The minimum absolute atomic E-state index is 0.238. The Morgan fingerprint density at radius 2 is 2.38 bits per heavy atom. The van der Waals surface area contributed by atoms with Crippen LogP contribution in [0.5, 0.6) is 0 Å². The van der Waals surface area contributed by atoms with Gasteiger partial charge < -0.3 is 10.2 Å². The van der Waals surface area contributed by atoms with Crippen molar-refractivity contribution in [2.24, 2.45) is 0 Å². The molecule has 2 aromatic rings. The molecular formula is C7H4N4OS. The average molecular weight is 192 g/mol. The minimum Gasteiger partial charge on any atom is -0.442 e. The molecule has 6 heteroatoms. The Balaban J connectivity index is 2.42. The van der Waals surface area contributed by atoms with Gasteiger partial charge >= 0.3 is 0 Å². The summed E-state index contributed by atoms with van der Waals surface area (Å²) in [5.41, 5.74) is 6.23. The van der Waals surface area contributed by atoms with E-state index in [1.54, 1.807) is 5.38 Å². The number of nitrogens with zero attached hydrogens (tertiary/aromatic N) is 3. The molecule has 2 aromatic heterocycles. The molecule has 5 nitrogen and oxygen atoms in total. The van der Waals surface area contributed by atoms with Crippen LogP contribution < -0.4 is 5.73 Å². The van der Waals surface area contributed by atoms with Crippen molar-refractivity contribution in [1.29, 1.82) is 5.26 Å². The SMILES string of the molecule is N#Cc1coc(-c2csc(N)n2)n1. The maximum absolute atomic E-state index is 8.49. The number of oxazole rings is 1. The lowest BCUT2D eigenvalue weighted by atomic mass is 10.5. The van der Waals surface area contributed by atoms with Crippen molar-refractivity contribution < 1.29 is 4.42 Å². The summed E-state index contributed by atoms with van der Waals surface area (Å²) >= 11 is 1.30. The minimum atomic E-state index is 0.238. The largest absolute Gasteiger partial charge is 0.442 e. The lowest BCUT2D eigenvalue weighted by molar-refractivity contribution is 0.572. The molecule has 0 aliphatic heterocycles. The van der Waals surface area contributed by atoms with Crippen molar-refractivity contribution in [3.63, 3.8) is 0 Å². The van der Waals surface area contributed by atoms with Gasteiger partial charge in [-0.15, -0.1) is 11.3 Å². The molecule has 0 bridgehead atoms. The zero-order valence-corrected chi connectivity index (χ0v) is 7.21. The van der Waals surface area contributed by atoms with Crippen molar-refractivity contribution in [3.8, 4) is 17.7 Å². The fourth-order valence-electron chi connectivity index (χ4n) is 0.829. The molecule has 0 spiro atoms. The molecule has 2 rings (SSSR count). The van der Waals surface area contributed by atoms with Gasteiger partial charge in [-0.1, -0.05) is 0 Å². The van der Waals surface area contributed by atoms with Gasteiger partial charge in [0.05, 0.1) is 0 Å². The van der Waals surface area contributed by atoms with Crippen LogP contribution in [0.2, 0.25) is 0 Å². The van der Waals surface area contributed by atoms with Crippen LogP contribution in [0.1, 0.15) is 5.69 Å². The summed E-state index contributed by atoms with van der Waals surface area (Å²) < 4.78 is 5.01. The first-order valence-corrected chi connectivity index (χ1v) is 4.24. The Kier molecular flexibility index (Phi) is 1.72. The highest BCUT2D eigenvalue weighted by Gasteiger charge is 2.08. The van der Waals surface area contributed by atoms with Crippen LogP contribution in [0, 0.1) is 11.3 Å². The number of hydrogen-bond acceptors (Lipinski definition) is 6. The third kappa shape index (κ3) is 1.37. The van der Waals surface area contributed by atoms with E-state index in [1.807, 2.05) is 6.07 Å². The summed E-state index contributed by atoms with van der Waals surface area (Å²) in [6.07, 6.45) is 1.28. The molecule has 0 fully saturated rings. The van der Waals surface area contributed by atoms with Crippen molar-refractivity contribution in [2.45, 2.75) is 0 Å². The average Bonchev–Trinajstić information content (AvgIpc) is 2.71. The van der Waals surface area contributed by atoms with Gasteiger partial charge in [0.2, 0.25) is 5.89 Å². The van der Waals surface area contributed by atoms with E-state index >= 15 is 0 Å². The van der Waals surface area contributed by atoms with Crippen molar-refractivity contribution in [3.05, 3.63) is 17.3 Å². The molecule has 0 aliphatic carbocycles. The maximum Gasteiger partial charge on any atom is 0.247 e. The summed E-state index contributed by atoms with van der Waals surface area (Å²) in [6, 6.07) is 1.86. The fourth-order valence-corrected chi connectivity index (χ4v) is 1.37. The summed E-state index contributed by atoms with van der Waals surface area (Å²) in [6.45, 7) is 0. The molecule has 0 saturated carbocycles. The highest BCUT2D eigenvalue weighted by molar-refractivity contribution is 7.13. The van der Waals surface area contributed by atoms with Gasteiger partial charge in [-0.05, 0) is 0 Å². The third-order valence-corrected chi connectivity index (χ3v) is 2.03. The van der Waals surface area contributed by atoms with E-state index in [1.165, 1.54) is 17.6 Å². The van der Waals surface area contributed by atoms with Crippen LogP contribution in [0.4, 0.5) is 5.13 Å². The Labute approximate surface area is 77.5 Å². The number of anilines is 1. The molecule has 0 aliphatic rings. The first kappa shape index (κ1) is 7.76. The predicted octanol–water partition coefficient (Wildman–Crippen LogP) is 1.25. The number of thiazole rings is 1. The summed E-state index contributed by atoms with van der Waals surface area (Å²) in [4.78, 5) is 7.83. The van der Waals surface area contributed by atoms with Crippen molar-refractivity contribution in [1.82, 2.24) is 9.97 Å². The Morgan fingerprint density at radius 3 is 2.92 bits per heavy atom. The van der Waals surface area contributed by atoms with E-state index < -0.39 is 0 Å². The second-order valence-electron chi connectivity index (χ2n) is 2.22. The second-order valence-corrected chi connectivity index (χ2v) is 3.11. The molecule has 0 unspecified atom stereocenters. The fraction of sp³-hybridized carbons (Fsp3) is 0. The van der Waals surface area contributed by atoms with Crippen LogP contribution >= 0.6 is 11.3 Å². The van der Waals surface area contributed by atoms with Crippen LogP contribution in [-0.2, 0) is 0 Å². The first-order chi connectivity index (χ1) is 6.29. The third-order valence-electron chi connectivity index (χ3n) is 1.36. The molecule has 0 saturated heterocycles. The van der Waals surface area contributed by atoms with Gasteiger partial charge in [-0.25, -0.2) is 4.98 Å². The molecule has 2 heterocycles. The molecule has 0 aromatic carbocycles. The van der Waals surface area contributed by atoms with E-state index in [0.717, 1.165) is 0 Å². The van der Waals surface area contributed by atoms with E-state index in [-0.39, 0.29) is 5.69 Å². The monoisotopic (exact) mass is 192 g/mol. The lowest BCUT2D eigenvalue weighted by Gasteiger charge is -1.83. The summed E-state index contributed by atoms with van der Waals surface area (Å²) in [7, 11) is 0. The molecule has 64 valence electrons. The smallest absolute Gasteiger partial charge is 0.247 e. The number of nitrogen functional groups attached to an aromatic ring is 1. The van der Waals surface area contributed by atoms with E-state index in [4.69, 9.17) is 15.4 Å². The zero-order chi connectivity index (χ0) is 9.26. The molecule has 2 N–H and O–H groups in total. The number of hydrogen-bond donors (Lipinski definition) is 1. The summed E-state index contributed by atoms with van der Waals surface area (Å²) in [5.74, 6) is 0.324. The molecular weight excluding hydrogens is 188 g/mol. The Morgan fingerprint density at radius 1 is 1.54 bits per heavy atom. The van der Waals surface area contributed by atoms with Crippen LogP contribution in [0.3, 0.4) is 0 Å². The van der Waals surface area contributed by atoms with Gasteiger partial charge in [0.25, 0.3) is 0 Å². The maximum atomic E-state index is 8.49. The normalized spacial score (nSPS) is 9.77. The number of aromatic nitrogens is 2. The van der Waals surface area contributed by atoms with Crippen LogP contribution in [0.15, 0.2) is 16.1 Å². The zero-order valence-electron chi connectivity index (χ0n) is 6.39. The molecule has 0 atom stereocenters. The van der Waals surface area contributed by atoms with Gasteiger partial charge in [0.15, 0.2) is 10.8 Å². The number of nitrogens with two attached hydrogens (primary N) is 1. The second kappa shape index (κ2) is 2.88. The standard InChI is InChI=1S/C7H4N4OS/c8-1-4-2-12-6(10-4)5-3-13-7(9)11-5/h2-3H,(H2,9,11). The molecule has 0 radical (unpaired) electrons. The highest BCUT2D eigenvalue weighted by atomic mass is 32.1. The van der Waals surface area contributed by atoms with E-state index in [2.05, 4.69) is 9.97 Å². The quantitative estimate of drug-likeness (QED) is 0.734. The van der Waals surface area contributed by atoms with Gasteiger partial charge in [0.1, 0.15) is 18.0 Å². The van der Waals surface area contributed by atoms with Crippen molar-refractivity contribution >= 4 is 16.5 Å².